The van der Waals surface area contributed by atoms with Gasteiger partial charge in [0.2, 0.25) is 5.95 Å². The molecule has 1 unspecified atom stereocenters. The molecule has 1 spiro atoms. The fraction of sp³-hybridized carbons (Fsp3) is 0.412. The smallest absolute Gasteiger partial charge is 0.272 e. The molecule has 2 aliphatic rings. The van der Waals surface area contributed by atoms with E-state index >= 15 is 0 Å². The molecule has 1 aliphatic heterocycles. The minimum atomic E-state index is -0.104. The van der Waals surface area contributed by atoms with Crippen molar-refractivity contribution in [2.75, 3.05) is 18.8 Å². The lowest BCUT2D eigenvalue weighted by molar-refractivity contribution is 0.0627. The Balaban J connectivity index is 1.62. The van der Waals surface area contributed by atoms with Crippen LogP contribution in [0.3, 0.4) is 0 Å². The van der Waals surface area contributed by atoms with Gasteiger partial charge < -0.3 is 10.6 Å². The minimum absolute atomic E-state index is 0.0544. The summed E-state index contributed by atoms with van der Waals surface area (Å²) in [5.41, 5.74) is 8.30. The Bertz CT molecular complexity index is 790. The van der Waals surface area contributed by atoms with E-state index in [0.717, 1.165) is 43.5 Å². The fourth-order valence-corrected chi connectivity index (χ4v) is 4.03. The number of hydrogen-bond acceptors (Lipinski definition) is 5. The zero-order valence-corrected chi connectivity index (χ0v) is 14.0. The Morgan fingerprint density at radius 3 is 2.92 bits per heavy atom. The molecule has 2 aromatic rings. The highest BCUT2D eigenvalue weighted by atomic mass is 35.5. The zero-order chi connectivity index (χ0) is 16.7. The lowest BCUT2D eigenvalue weighted by Crippen LogP contribution is -2.48. The molecule has 2 aromatic heterocycles. The van der Waals surface area contributed by atoms with Gasteiger partial charge in [0.05, 0.1) is 10.7 Å². The molecule has 2 N–H and O–H groups in total. The first-order valence-electron chi connectivity index (χ1n) is 8.10. The van der Waals surface area contributed by atoms with Crippen LogP contribution < -0.4 is 5.73 Å². The molecule has 0 saturated carbocycles. The molecule has 0 bridgehead atoms. The maximum atomic E-state index is 12.8. The number of carbonyl (C=O) groups excluding carboxylic acids is 1. The van der Waals surface area contributed by atoms with Crippen molar-refractivity contribution in [3.05, 3.63) is 46.5 Å². The predicted molar refractivity (Wildman–Crippen MR) is 90.8 cm³/mol. The summed E-state index contributed by atoms with van der Waals surface area (Å²) in [6, 6.07) is 3.37. The van der Waals surface area contributed by atoms with Gasteiger partial charge in [-0.1, -0.05) is 11.6 Å². The van der Waals surface area contributed by atoms with Crippen LogP contribution in [0.2, 0.25) is 5.02 Å². The molecular formula is C17H18ClN5O. The monoisotopic (exact) mass is 343 g/mol. The number of aryl methyl sites for hydroxylation is 1. The SMILES string of the molecule is Nc1ncc2c(n1)C1(CCCN(C(=O)c3ccc(Cl)cn3)C1)CC2. The molecule has 0 radical (unpaired) electrons. The Hall–Kier alpha value is -2.21. The molecule has 1 amide bonds. The quantitative estimate of drug-likeness (QED) is 0.858. The second-order valence-corrected chi connectivity index (χ2v) is 7.01. The molecule has 1 aliphatic carbocycles. The molecular weight excluding hydrogens is 326 g/mol. The van der Waals surface area contributed by atoms with Gasteiger partial charge in [-0.05, 0) is 43.4 Å². The Morgan fingerprint density at radius 2 is 2.12 bits per heavy atom. The van der Waals surface area contributed by atoms with Gasteiger partial charge in [-0.2, -0.15) is 0 Å². The van der Waals surface area contributed by atoms with Gasteiger partial charge in [0.15, 0.2) is 0 Å². The number of fused-ring (bicyclic) bond motifs is 2. The van der Waals surface area contributed by atoms with Gasteiger partial charge in [0.1, 0.15) is 5.69 Å². The summed E-state index contributed by atoms with van der Waals surface area (Å²) in [6.07, 6.45) is 7.23. The number of aromatic nitrogens is 3. The van der Waals surface area contributed by atoms with Crippen molar-refractivity contribution in [2.45, 2.75) is 31.1 Å². The van der Waals surface area contributed by atoms with Crippen LogP contribution in [0.5, 0.6) is 0 Å². The molecule has 24 heavy (non-hydrogen) atoms. The Labute approximate surface area is 145 Å². The predicted octanol–water partition coefficient (Wildman–Crippen LogP) is 2.23. The van der Waals surface area contributed by atoms with E-state index in [1.165, 1.54) is 6.20 Å². The molecule has 1 fully saturated rings. The molecule has 1 atom stereocenters. The van der Waals surface area contributed by atoms with Gasteiger partial charge in [0.25, 0.3) is 5.91 Å². The summed E-state index contributed by atoms with van der Waals surface area (Å²) < 4.78 is 0. The van der Waals surface area contributed by atoms with Crippen LogP contribution in [0.25, 0.3) is 0 Å². The number of halogens is 1. The molecule has 6 nitrogen and oxygen atoms in total. The van der Waals surface area contributed by atoms with Crippen molar-refractivity contribution in [1.82, 2.24) is 19.9 Å². The number of amides is 1. The van der Waals surface area contributed by atoms with Crippen LogP contribution in [0.4, 0.5) is 5.95 Å². The van der Waals surface area contributed by atoms with Crippen molar-refractivity contribution in [2.24, 2.45) is 0 Å². The van der Waals surface area contributed by atoms with E-state index < -0.39 is 0 Å². The number of piperidine rings is 1. The van der Waals surface area contributed by atoms with Gasteiger partial charge in [0, 0.05) is 30.9 Å². The standard InChI is InChI=1S/C17H18ClN5O/c18-12-2-3-13(20-9-12)15(24)23-7-1-5-17(10-23)6-4-11-8-21-16(19)22-14(11)17/h2-3,8-9H,1,4-7,10H2,(H2,19,21,22). The third-order valence-electron chi connectivity index (χ3n) is 5.07. The number of pyridine rings is 1. The first-order valence-corrected chi connectivity index (χ1v) is 8.48. The number of nitrogens with zero attached hydrogens (tertiary/aromatic N) is 4. The van der Waals surface area contributed by atoms with Crippen molar-refractivity contribution in [1.29, 1.82) is 0 Å². The lowest BCUT2D eigenvalue weighted by atomic mass is 9.77. The number of nitrogen functional groups attached to an aromatic ring is 1. The average molecular weight is 344 g/mol. The Kier molecular flexibility index (Phi) is 3.64. The highest BCUT2D eigenvalue weighted by molar-refractivity contribution is 6.30. The largest absolute Gasteiger partial charge is 0.368 e. The molecule has 7 heteroatoms. The van der Waals surface area contributed by atoms with Crippen LogP contribution in [-0.4, -0.2) is 38.8 Å². The first kappa shape index (κ1) is 15.3. The summed E-state index contributed by atoms with van der Waals surface area (Å²) in [5.74, 6) is 0.249. The maximum Gasteiger partial charge on any atom is 0.272 e. The van der Waals surface area contributed by atoms with Gasteiger partial charge in [-0.15, -0.1) is 0 Å². The summed E-state index contributed by atoms with van der Waals surface area (Å²) in [5, 5.41) is 0.526. The zero-order valence-electron chi connectivity index (χ0n) is 13.2. The lowest BCUT2D eigenvalue weighted by Gasteiger charge is -2.40. The fourth-order valence-electron chi connectivity index (χ4n) is 3.92. The molecule has 3 heterocycles. The highest BCUT2D eigenvalue weighted by Gasteiger charge is 2.44. The number of likely N-dealkylation sites (tertiary alicyclic amines) is 1. The normalized spacial score (nSPS) is 22.6. The van der Waals surface area contributed by atoms with Crippen molar-refractivity contribution >= 4 is 23.5 Å². The van der Waals surface area contributed by atoms with Crippen molar-refractivity contribution < 1.29 is 4.79 Å². The molecule has 124 valence electrons. The third kappa shape index (κ3) is 2.51. The topological polar surface area (TPSA) is 85.0 Å². The summed E-state index contributed by atoms with van der Waals surface area (Å²) in [7, 11) is 0. The molecule has 0 aromatic carbocycles. The van der Waals surface area contributed by atoms with E-state index in [9.17, 15) is 4.79 Å². The number of anilines is 1. The van der Waals surface area contributed by atoms with E-state index in [1.54, 1.807) is 12.1 Å². The van der Waals surface area contributed by atoms with E-state index in [2.05, 4.69) is 15.0 Å². The van der Waals surface area contributed by atoms with Crippen LogP contribution in [0.15, 0.2) is 24.5 Å². The summed E-state index contributed by atoms with van der Waals surface area (Å²) >= 11 is 5.86. The third-order valence-corrected chi connectivity index (χ3v) is 5.29. The molecule has 4 rings (SSSR count). The number of rotatable bonds is 1. The average Bonchev–Trinajstić information content (AvgIpc) is 2.92. The van der Waals surface area contributed by atoms with E-state index in [0.29, 0.717) is 23.2 Å². The van der Waals surface area contributed by atoms with Gasteiger partial charge in [-0.3, -0.25) is 4.79 Å². The van der Waals surface area contributed by atoms with E-state index in [1.807, 2.05) is 11.1 Å². The number of carbonyl (C=O) groups is 1. The van der Waals surface area contributed by atoms with Crippen LogP contribution in [-0.2, 0) is 11.8 Å². The highest BCUT2D eigenvalue weighted by Crippen LogP contribution is 2.44. The maximum absolute atomic E-state index is 12.8. The minimum Gasteiger partial charge on any atom is -0.368 e. The van der Waals surface area contributed by atoms with Gasteiger partial charge >= 0.3 is 0 Å². The number of nitrogens with two attached hydrogens (primary N) is 1. The Morgan fingerprint density at radius 1 is 1.25 bits per heavy atom. The molecule has 1 saturated heterocycles. The van der Waals surface area contributed by atoms with Crippen molar-refractivity contribution in [3.63, 3.8) is 0 Å². The second-order valence-electron chi connectivity index (χ2n) is 6.57. The summed E-state index contributed by atoms with van der Waals surface area (Å²) in [6.45, 7) is 1.39. The summed E-state index contributed by atoms with van der Waals surface area (Å²) in [4.78, 5) is 27.4. The first-order chi connectivity index (χ1) is 11.6. The van der Waals surface area contributed by atoms with Crippen molar-refractivity contribution in [3.8, 4) is 0 Å². The van der Waals surface area contributed by atoms with Crippen LogP contribution in [0.1, 0.15) is 41.0 Å². The second kappa shape index (κ2) is 5.70. The number of hydrogen-bond donors (Lipinski definition) is 1. The van der Waals surface area contributed by atoms with Gasteiger partial charge in [-0.25, -0.2) is 15.0 Å². The van der Waals surface area contributed by atoms with Crippen LogP contribution >= 0.6 is 11.6 Å². The van der Waals surface area contributed by atoms with Crippen LogP contribution in [0, 0.1) is 0 Å². The van der Waals surface area contributed by atoms with E-state index in [-0.39, 0.29) is 11.3 Å². The van der Waals surface area contributed by atoms with E-state index in [4.69, 9.17) is 17.3 Å².